The van der Waals surface area contributed by atoms with Gasteiger partial charge < -0.3 is 4.90 Å². The van der Waals surface area contributed by atoms with Crippen LogP contribution >= 0.6 is 23.2 Å². The highest BCUT2D eigenvalue weighted by Crippen LogP contribution is 2.29. The molecular formula is C21H24Cl2N2O3S. The molecule has 3 rings (SSSR count). The third-order valence-electron chi connectivity index (χ3n) is 5.13. The third kappa shape index (κ3) is 4.94. The van der Waals surface area contributed by atoms with Gasteiger partial charge in [0.05, 0.1) is 5.02 Å². The van der Waals surface area contributed by atoms with Crippen molar-refractivity contribution in [3.05, 3.63) is 63.6 Å². The van der Waals surface area contributed by atoms with E-state index in [0.717, 1.165) is 18.4 Å². The molecule has 0 aromatic heterocycles. The van der Waals surface area contributed by atoms with Crippen LogP contribution in [0.1, 0.15) is 35.7 Å². The molecule has 2 aromatic carbocycles. The van der Waals surface area contributed by atoms with Crippen molar-refractivity contribution in [2.24, 2.45) is 5.92 Å². The number of hydrogen-bond acceptors (Lipinski definition) is 3. The standard InChI is InChI=1S/C21H24Cl2N2O3S/c1-15-6-5-11-25(13-15)29(27,28)20-12-16(9-10-19(20)23)21(26)24(2)14-17-7-3-4-8-18(17)22/h3-4,7-10,12,15H,5-6,11,13-14H2,1-2H3/t15-/m1/s1. The number of amides is 1. The molecule has 0 radical (unpaired) electrons. The zero-order chi connectivity index (χ0) is 21.2. The third-order valence-corrected chi connectivity index (χ3v) is 7.84. The summed E-state index contributed by atoms with van der Waals surface area (Å²) in [6, 6.07) is 11.7. The molecule has 2 aromatic rings. The van der Waals surface area contributed by atoms with E-state index in [0.29, 0.717) is 30.6 Å². The first-order chi connectivity index (χ1) is 13.7. The van der Waals surface area contributed by atoms with Gasteiger partial charge in [0, 0.05) is 37.3 Å². The zero-order valence-electron chi connectivity index (χ0n) is 16.4. The van der Waals surface area contributed by atoms with Crippen LogP contribution in [-0.2, 0) is 16.6 Å². The lowest BCUT2D eigenvalue weighted by atomic mass is 10.0. The lowest BCUT2D eigenvalue weighted by Gasteiger charge is -2.30. The molecule has 1 atom stereocenters. The Bertz CT molecular complexity index is 1010. The minimum atomic E-state index is -3.76. The van der Waals surface area contributed by atoms with Crippen LogP contribution in [0.2, 0.25) is 10.0 Å². The summed E-state index contributed by atoms with van der Waals surface area (Å²) < 4.78 is 27.7. The molecule has 0 unspecified atom stereocenters. The van der Waals surface area contributed by atoms with Gasteiger partial charge in [0.2, 0.25) is 10.0 Å². The molecular weight excluding hydrogens is 431 g/mol. The van der Waals surface area contributed by atoms with Crippen molar-refractivity contribution in [2.75, 3.05) is 20.1 Å². The van der Waals surface area contributed by atoms with Crippen LogP contribution in [0.15, 0.2) is 47.4 Å². The van der Waals surface area contributed by atoms with Crippen LogP contribution in [0.3, 0.4) is 0 Å². The Balaban J connectivity index is 1.86. The van der Waals surface area contributed by atoms with Crippen molar-refractivity contribution in [3.63, 3.8) is 0 Å². The second kappa shape index (κ2) is 9.04. The fourth-order valence-corrected chi connectivity index (χ4v) is 5.81. The van der Waals surface area contributed by atoms with Crippen LogP contribution in [0, 0.1) is 5.92 Å². The van der Waals surface area contributed by atoms with E-state index in [1.165, 1.54) is 21.3 Å². The molecule has 0 spiro atoms. The quantitative estimate of drug-likeness (QED) is 0.658. The Kier molecular flexibility index (Phi) is 6.89. The predicted molar refractivity (Wildman–Crippen MR) is 116 cm³/mol. The van der Waals surface area contributed by atoms with Gasteiger partial charge in [-0.3, -0.25) is 4.79 Å². The lowest BCUT2D eigenvalue weighted by molar-refractivity contribution is 0.0785. The molecule has 5 nitrogen and oxygen atoms in total. The van der Waals surface area contributed by atoms with E-state index in [4.69, 9.17) is 23.2 Å². The smallest absolute Gasteiger partial charge is 0.253 e. The van der Waals surface area contributed by atoms with E-state index < -0.39 is 10.0 Å². The van der Waals surface area contributed by atoms with Crippen molar-refractivity contribution in [1.82, 2.24) is 9.21 Å². The second-order valence-corrected chi connectivity index (χ2v) is 10.2. The molecule has 0 bridgehead atoms. The molecule has 29 heavy (non-hydrogen) atoms. The molecule has 1 aliphatic rings. The maximum absolute atomic E-state index is 13.1. The Labute approximate surface area is 182 Å². The fraction of sp³-hybridized carbons (Fsp3) is 0.381. The summed E-state index contributed by atoms with van der Waals surface area (Å²) in [5, 5.41) is 0.694. The van der Waals surface area contributed by atoms with Crippen LogP contribution in [0.4, 0.5) is 0 Å². The summed E-state index contributed by atoms with van der Waals surface area (Å²) in [6.07, 6.45) is 1.82. The molecule has 1 heterocycles. The fourth-order valence-electron chi connectivity index (χ4n) is 3.51. The first-order valence-electron chi connectivity index (χ1n) is 9.48. The van der Waals surface area contributed by atoms with Crippen molar-refractivity contribution >= 4 is 39.1 Å². The van der Waals surface area contributed by atoms with Gasteiger partial charge in [-0.05, 0) is 48.6 Å². The molecule has 156 valence electrons. The maximum Gasteiger partial charge on any atom is 0.253 e. The van der Waals surface area contributed by atoms with Gasteiger partial charge in [0.25, 0.3) is 5.91 Å². The van der Waals surface area contributed by atoms with Gasteiger partial charge in [0.15, 0.2) is 0 Å². The van der Waals surface area contributed by atoms with E-state index in [1.807, 2.05) is 25.1 Å². The lowest BCUT2D eigenvalue weighted by Crippen LogP contribution is -2.39. The summed E-state index contributed by atoms with van der Waals surface area (Å²) in [4.78, 5) is 14.4. The monoisotopic (exact) mass is 454 g/mol. The van der Waals surface area contributed by atoms with Gasteiger partial charge >= 0.3 is 0 Å². The van der Waals surface area contributed by atoms with E-state index in [9.17, 15) is 13.2 Å². The average Bonchev–Trinajstić information content (AvgIpc) is 2.69. The number of nitrogens with zero attached hydrogens (tertiary/aromatic N) is 2. The molecule has 1 amide bonds. The molecule has 1 fully saturated rings. The molecule has 1 saturated heterocycles. The van der Waals surface area contributed by atoms with Crippen molar-refractivity contribution in [3.8, 4) is 0 Å². The van der Waals surface area contributed by atoms with E-state index in [2.05, 4.69) is 0 Å². The Morgan fingerprint density at radius 1 is 1.17 bits per heavy atom. The number of hydrogen-bond donors (Lipinski definition) is 0. The molecule has 0 N–H and O–H groups in total. The molecule has 0 saturated carbocycles. The highest BCUT2D eigenvalue weighted by atomic mass is 35.5. The minimum absolute atomic E-state index is 0.0229. The highest BCUT2D eigenvalue weighted by Gasteiger charge is 2.31. The summed E-state index contributed by atoms with van der Waals surface area (Å²) in [6.45, 7) is 3.27. The van der Waals surface area contributed by atoms with Crippen LogP contribution < -0.4 is 0 Å². The molecule has 0 aliphatic carbocycles. The van der Waals surface area contributed by atoms with E-state index in [-0.39, 0.29) is 21.4 Å². The van der Waals surface area contributed by atoms with Crippen LogP contribution in [0.5, 0.6) is 0 Å². The zero-order valence-corrected chi connectivity index (χ0v) is 18.8. The Morgan fingerprint density at radius 2 is 1.90 bits per heavy atom. The van der Waals surface area contributed by atoms with Crippen molar-refractivity contribution < 1.29 is 13.2 Å². The summed E-state index contributed by atoms with van der Waals surface area (Å²) >= 11 is 12.4. The summed E-state index contributed by atoms with van der Waals surface area (Å²) in [5.41, 5.74) is 1.08. The summed E-state index contributed by atoms with van der Waals surface area (Å²) in [5.74, 6) is -0.00563. The first kappa shape index (κ1) is 22.1. The van der Waals surface area contributed by atoms with Gasteiger partial charge in [0.1, 0.15) is 4.90 Å². The normalized spacial score (nSPS) is 17.9. The Morgan fingerprint density at radius 3 is 2.59 bits per heavy atom. The topological polar surface area (TPSA) is 57.7 Å². The predicted octanol–water partition coefficient (Wildman–Crippen LogP) is 4.69. The summed E-state index contributed by atoms with van der Waals surface area (Å²) in [7, 11) is -2.11. The van der Waals surface area contributed by atoms with Crippen LogP contribution in [-0.4, -0.2) is 43.7 Å². The average molecular weight is 455 g/mol. The first-order valence-corrected chi connectivity index (χ1v) is 11.7. The number of sulfonamides is 1. The van der Waals surface area contributed by atoms with Gasteiger partial charge in [-0.2, -0.15) is 4.31 Å². The number of carbonyl (C=O) groups excluding carboxylic acids is 1. The number of rotatable bonds is 5. The van der Waals surface area contributed by atoms with Crippen LogP contribution in [0.25, 0.3) is 0 Å². The van der Waals surface area contributed by atoms with E-state index >= 15 is 0 Å². The highest BCUT2D eigenvalue weighted by molar-refractivity contribution is 7.89. The number of halogens is 2. The van der Waals surface area contributed by atoms with Gasteiger partial charge in [-0.1, -0.05) is 48.3 Å². The van der Waals surface area contributed by atoms with Crippen molar-refractivity contribution in [1.29, 1.82) is 0 Å². The number of piperidine rings is 1. The number of carbonyl (C=O) groups is 1. The maximum atomic E-state index is 13.1. The minimum Gasteiger partial charge on any atom is -0.337 e. The second-order valence-electron chi connectivity index (χ2n) is 7.51. The molecule has 1 aliphatic heterocycles. The van der Waals surface area contributed by atoms with E-state index in [1.54, 1.807) is 19.2 Å². The Hall–Kier alpha value is -1.60. The van der Waals surface area contributed by atoms with Gasteiger partial charge in [-0.15, -0.1) is 0 Å². The number of benzene rings is 2. The van der Waals surface area contributed by atoms with Gasteiger partial charge in [-0.25, -0.2) is 8.42 Å². The molecule has 8 heteroatoms. The largest absolute Gasteiger partial charge is 0.337 e. The SMILES string of the molecule is C[C@@H]1CCCN(S(=O)(=O)c2cc(C(=O)N(C)Cc3ccccc3Cl)ccc2Cl)C1. The van der Waals surface area contributed by atoms with Crippen molar-refractivity contribution in [2.45, 2.75) is 31.2 Å².